The molecule has 0 radical (unpaired) electrons. The van der Waals surface area contributed by atoms with Crippen LogP contribution in [0.1, 0.15) is 24.0 Å². The Morgan fingerprint density at radius 1 is 1.45 bits per heavy atom. The molecule has 20 heavy (non-hydrogen) atoms. The maximum Gasteiger partial charge on any atom is 0.170 e. The van der Waals surface area contributed by atoms with Gasteiger partial charge >= 0.3 is 0 Å². The summed E-state index contributed by atoms with van der Waals surface area (Å²) < 4.78 is 11.0. The third-order valence-corrected chi connectivity index (χ3v) is 3.76. The summed E-state index contributed by atoms with van der Waals surface area (Å²) in [5, 5.41) is 12.1. The zero-order valence-electron chi connectivity index (χ0n) is 11.2. The number of hydrogen-bond acceptors (Lipinski definition) is 4. The topological polar surface area (TPSA) is 77.1 Å². The first-order valence-electron chi connectivity index (χ1n) is 6.62. The molecule has 1 aliphatic heterocycles. The molecule has 0 unspecified atom stereocenters. The van der Waals surface area contributed by atoms with Gasteiger partial charge in [0.05, 0.1) is 13.2 Å². The molecule has 6 heteroatoms. The highest BCUT2D eigenvalue weighted by molar-refractivity contribution is 6.31. The minimum Gasteiger partial charge on any atom is -0.409 e. The van der Waals surface area contributed by atoms with E-state index in [4.69, 9.17) is 32.0 Å². The van der Waals surface area contributed by atoms with Gasteiger partial charge in [-0.25, -0.2) is 0 Å². The first kappa shape index (κ1) is 15.1. The fraction of sp³-hybridized carbons (Fsp3) is 0.500. The Bertz CT molecular complexity index is 473. The molecule has 1 aliphatic rings. The molecule has 0 amide bonds. The number of hydrogen-bond donors (Lipinski definition) is 2. The van der Waals surface area contributed by atoms with Crippen molar-refractivity contribution >= 4 is 17.4 Å². The Hall–Kier alpha value is -1.30. The van der Waals surface area contributed by atoms with E-state index in [0.717, 1.165) is 38.2 Å². The molecular weight excluding hydrogens is 280 g/mol. The van der Waals surface area contributed by atoms with Crippen molar-refractivity contribution in [3.8, 4) is 0 Å². The lowest BCUT2D eigenvalue weighted by Gasteiger charge is -2.21. The summed E-state index contributed by atoms with van der Waals surface area (Å²) in [4.78, 5) is 0. The Kier molecular flexibility index (Phi) is 5.64. The fourth-order valence-corrected chi connectivity index (χ4v) is 2.37. The Morgan fingerprint density at radius 2 is 2.20 bits per heavy atom. The lowest BCUT2D eigenvalue weighted by Crippen LogP contribution is -2.20. The molecule has 0 bridgehead atoms. The second-order valence-electron chi connectivity index (χ2n) is 4.86. The van der Waals surface area contributed by atoms with Crippen LogP contribution in [0.3, 0.4) is 0 Å². The second kappa shape index (κ2) is 7.47. The van der Waals surface area contributed by atoms with Gasteiger partial charge in [-0.05, 0) is 30.4 Å². The summed E-state index contributed by atoms with van der Waals surface area (Å²) in [5.41, 5.74) is 6.99. The van der Waals surface area contributed by atoms with Crippen LogP contribution in [0.5, 0.6) is 0 Å². The smallest absolute Gasteiger partial charge is 0.170 e. The van der Waals surface area contributed by atoms with Gasteiger partial charge in [-0.2, -0.15) is 0 Å². The van der Waals surface area contributed by atoms with Gasteiger partial charge in [0, 0.05) is 23.8 Å². The number of ether oxygens (including phenoxy) is 2. The van der Waals surface area contributed by atoms with E-state index in [1.165, 1.54) is 0 Å². The number of oxime groups is 1. The highest BCUT2D eigenvalue weighted by atomic mass is 35.5. The van der Waals surface area contributed by atoms with E-state index in [-0.39, 0.29) is 5.84 Å². The average Bonchev–Trinajstić information content (AvgIpc) is 2.49. The summed E-state index contributed by atoms with van der Waals surface area (Å²) >= 11 is 6.16. The van der Waals surface area contributed by atoms with E-state index in [2.05, 4.69) is 5.16 Å². The SMILES string of the molecule is N/C(=N/O)c1ccc(COCC2CCOCC2)c(Cl)c1. The molecular formula is C14H19ClN2O3. The normalized spacial score (nSPS) is 17.4. The van der Waals surface area contributed by atoms with Crippen molar-refractivity contribution in [2.45, 2.75) is 19.4 Å². The van der Waals surface area contributed by atoms with Gasteiger partial charge in [0.1, 0.15) is 0 Å². The van der Waals surface area contributed by atoms with Gasteiger partial charge < -0.3 is 20.4 Å². The van der Waals surface area contributed by atoms with Gasteiger partial charge in [-0.1, -0.05) is 28.9 Å². The molecule has 0 spiro atoms. The lowest BCUT2D eigenvalue weighted by molar-refractivity contribution is 0.0157. The summed E-state index contributed by atoms with van der Waals surface area (Å²) in [5.74, 6) is 0.612. The van der Waals surface area contributed by atoms with Crippen LogP contribution >= 0.6 is 11.6 Å². The third kappa shape index (κ3) is 4.10. The van der Waals surface area contributed by atoms with Crippen molar-refractivity contribution in [2.24, 2.45) is 16.8 Å². The fourth-order valence-electron chi connectivity index (χ4n) is 2.13. The van der Waals surface area contributed by atoms with Crippen LogP contribution in [-0.4, -0.2) is 30.9 Å². The molecule has 0 saturated carbocycles. The first-order valence-corrected chi connectivity index (χ1v) is 7.00. The molecule has 1 saturated heterocycles. The van der Waals surface area contributed by atoms with Crippen molar-refractivity contribution in [3.63, 3.8) is 0 Å². The number of rotatable bonds is 5. The van der Waals surface area contributed by atoms with E-state index in [0.29, 0.717) is 23.1 Å². The number of nitrogens with two attached hydrogens (primary N) is 1. The van der Waals surface area contributed by atoms with Gasteiger partial charge in [0.25, 0.3) is 0 Å². The standard InChI is InChI=1S/C14H19ClN2O3/c15-13-7-11(14(16)17-18)1-2-12(13)9-20-8-10-3-5-19-6-4-10/h1-2,7,10,18H,3-6,8-9H2,(H2,16,17). The minimum absolute atomic E-state index is 0.0431. The van der Waals surface area contributed by atoms with E-state index in [9.17, 15) is 0 Å². The second-order valence-corrected chi connectivity index (χ2v) is 5.27. The summed E-state index contributed by atoms with van der Waals surface area (Å²) in [6, 6.07) is 5.26. The summed E-state index contributed by atoms with van der Waals surface area (Å²) in [6.07, 6.45) is 2.10. The van der Waals surface area contributed by atoms with Crippen LogP contribution in [0.2, 0.25) is 5.02 Å². The molecule has 3 N–H and O–H groups in total. The molecule has 5 nitrogen and oxygen atoms in total. The number of halogens is 1. The zero-order valence-corrected chi connectivity index (χ0v) is 12.0. The average molecular weight is 299 g/mol. The molecule has 0 aromatic heterocycles. The maximum absolute atomic E-state index is 8.62. The van der Waals surface area contributed by atoms with E-state index < -0.39 is 0 Å². The first-order chi connectivity index (χ1) is 9.70. The molecule has 0 atom stereocenters. The minimum atomic E-state index is 0.0431. The Balaban J connectivity index is 1.86. The molecule has 1 aromatic rings. The highest BCUT2D eigenvalue weighted by Gasteiger charge is 2.14. The van der Waals surface area contributed by atoms with Crippen LogP contribution in [0, 0.1) is 5.92 Å². The van der Waals surface area contributed by atoms with Crippen LogP contribution in [0.25, 0.3) is 0 Å². The van der Waals surface area contributed by atoms with Crippen LogP contribution < -0.4 is 5.73 Å². The van der Waals surface area contributed by atoms with E-state index >= 15 is 0 Å². The van der Waals surface area contributed by atoms with E-state index in [1.807, 2.05) is 6.07 Å². The molecule has 1 aromatic carbocycles. The zero-order chi connectivity index (χ0) is 14.4. The predicted molar refractivity (Wildman–Crippen MR) is 77.2 cm³/mol. The quantitative estimate of drug-likeness (QED) is 0.379. The van der Waals surface area contributed by atoms with Gasteiger partial charge in [-0.15, -0.1) is 0 Å². The van der Waals surface area contributed by atoms with Gasteiger partial charge in [0.2, 0.25) is 0 Å². The molecule has 1 heterocycles. The number of nitrogens with zero attached hydrogens (tertiary/aromatic N) is 1. The highest BCUT2D eigenvalue weighted by Crippen LogP contribution is 2.20. The number of amidine groups is 1. The van der Waals surface area contributed by atoms with Crippen molar-refractivity contribution in [1.29, 1.82) is 0 Å². The Morgan fingerprint density at radius 3 is 2.85 bits per heavy atom. The van der Waals surface area contributed by atoms with Crippen molar-refractivity contribution in [1.82, 2.24) is 0 Å². The summed E-state index contributed by atoms with van der Waals surface area (Å²) in [6.45, 7) is 2.83. The monoisotopic (exact) mass is 298 g/mol. The predicted octanol–water partition coefficient (Wildman–Crippen LogP) is 2.38. The van der Waals surface area contributed by atoms with Crippen molar-refractivity contribution in [3.05, 3.63) is 34.3 Å². The lowest BCUT2D eigenvalue weighted by atomic mass is 10.0. The van der Waals surface area contributed by atoms with Crippen LogP contribution in [0.15, 0.2) is 23.4 Å². The van der Waals surface area contributed by atoms with Gasteiger partial charge in [-0.3, -0.25) is 0 Å². The molecule has 2 rings (SSSR count). The number of benzene rings is 1. The van der Waals surface area contributed by atoms with Crippen LogP contribution in [0.4, 0.5) is 0 Å². The van der Waals surface area contributed by atoms with Crippen LogP contribution in [-0.2, 0) is 16.1 Å². The Labute approximate surface area is 123 Å². The van der Waals surface area contributed by atoms with Crippen molar-refractivity contribution < 1.29 is 14.7 Å². The third-order valence-electron chi connectivity index (χ3n) is 3.41. The summed E-state index contributed by atoms with van der Waals surface area (Å²) in [7, 11) is 0. The van der Waals surface area contributed by atoms with Crippen molar-refractivity contribution in [2.75, 3.05) is 19.8 Å². The van der Waals surface area contributed by atoms with E-state index in [1.54, 1.807) is 12.1 Å². The molecule has 1 fully saturated rings. The largest absolute Gasteiger partial charge is 0.409 e. The molecule has 0 aliphatic carbocycles. The van der Waals surface area contributed by atoms with Gasteiger partial charge in [0.15, 0.2) is 5.84 Å². The maximum atomic E-state index is 8.62. The molecule has 110 valence electrons.